The monoisotopic (exact) mass is 674 g/mol. The summed E-state index contributed by atoms with van der Waals surface area (Å²) >= 11 is -2.74. The number of aryl methyl sites for hydroxylation is 2. The van der Waals surface area contributed by atoms with E-state index in [1.54, 1.807) is 6.58 Å². The van der Waals surface area contributed by atoms with Crippen LogP contribution in [-0.2, 0) is 21.0 Å². The second-order valence-electron chi connectivity index (χ2n) is 9.45. The standard InChI is InChI=1S/C15H14.C13H9.C5H5.2ClH.Hf/c1-12-3-7-14(8-4-12)11-15-9-5-13(2)6-10-15;1-3-7-12-10(5-1)9-11-6-2-4-8-13(11)12;1-2-4-5-3-1;;;/h3-10H,1-2H3;1-9H;1-3H,4H2;2*1H;/q;;;;;+2/p-2. The molecule has 0 radical (unpaired) electrons. The molecular formula is C33H28Cl2Hf. The molecular weight excluding hydrogens is 646 g/mol. The zero-order valence-corrected chi connectivity index (χ0v) is 25.6. The maximum atomic E-state index is 2.45. The van der Waals surface area contributed by atoms with Gasteiger partial charge in [-0.1, -0.05) is 0 Å². The summed E-state index contributed by atoms with van der Waals surface area (Å²) in [5.41, 5.74) is 11.4. The average Bonchev–Trinajstić information content (AvgIpc) is 3.51. The van der Waals surface area contributed by atoms with Crippen LogP contribution in [0.15, 0.2) is 119 Å². The van der Waals surface area contributed by atoms with Gasteiger partial charge in [-0.3, -0.25) is 0 Å². The van der Waals surface area contributed by atoms with Gasteiger partial charge in [0.25, 0.3) is 0 Å². The molecule has 0 atom stereocenters. The van der Waals surface area contributed by atoms with Crippen molar-refractivity contribution in [1.29, 1.82) is 0 Å². The van der Waals surface area contributed by atoms with Crippen LogP contribution < -0.4 is 24.8 Å². The SMILES string of the molecule is Cc1ccc([C](c2ccc(C)cc2)=[Hf+2]([C]2=CC=CC2)[CH]2c3ccccc3-c3ccccc32)cc1.[Cl-].[Cl-]. The van der Waals surface area contributed by atoms with Crippen molar-refractivity contribution in [3.05, 3.63) is 152 Å². The fraction of sp³-hybridized carbons (Fsp3) is 0.121. The molecule has 0 heterocycles. The molecule has 0 unspecified atom stereocenters. The van der Waals surface area contributed by atoms with Gasteiger partial charge in [-0.25, -0.2) is 0 Å². The van der Waals surface area contributed by atoms with Gasteiger partial charge in [-0.15, -0.1) is 0 Å². The first-order valence-electron chi connectivity index (χ1n) is 12.1. The quantitative estimate of drug-likeness (QED) is 0.292. The summed E-state index contributed by atoms with van der Waals surface area (Å²) in [7, 11) is 0. The minimum atomic E-state index is -2.74. The first kappa shape index (κ1) is 26.7. The smallest absolute Gasteiger partial charge is 1.00 e. The molecule has 0 spiro atoms. The number of fused-ring (bicyclic) bond motifs is 3. The van der Waals surface area contributed by atoms with Crippen molar-refractivity contribution in [2.24, 2.45) is 0 Å². The average molecular weight is 674 g/mol. The van der Waals surface area contributed by atoms with Gasteiger partial charge in [0.1, 0.15) is 0 Å². The Morgan fingerprint density at radius 2 is 1.11 bits per heavy atom. The minimum Gasteiger partial charge on any atom is -1.00 e. The van der Waals surface area contributed by atoms with Gasteiger partial charge in [0, 0.05) is 0 Å². The third-order valence-corrected chi connectivity index (χ3v) is 19.3. The van der Waals surface area contributed by atoms with E-state index in [0.29, 0.717) is 3.67 Å². The number of halogens is 2. The third kappa shape index (κ3) is 4.82. The second-order valence-corrected chi connectivity index (χ2v) is 18.6. The Morgan fingerprint density at radius 3 is 1.56 bits per heavy atom. The number of hydrogen-bond donors (Lipinski definition) is 0. The van der Waals surface area contributed by atoms with Crippen LogP contribution in [0, 0.1) is 13.8 Å². The van der Waals surface area contributed by atoms with Crippen LogP contribution in [0.5, 0.6) is 0 Å². The van der Waals surface area contributed by atoms with E-state index in [9.17, 15) is 0 Å². The normalized spacial score (nSPS) is 13.0. The second kappa shape index (κ2) is 11.4. The van der Waals surface area contributed by atoms with Crippen molar-refractivity contribution in [2.75, 3.05) is 0 Å². The van der Waals surface area contributed by atoms with E-state index >= 15 is 0 Å². The molecule has 0 N–H and O–H groups in total. The van der Waals surface area contributed by atoms with Gasteiger partial charge < -0.3 is 24.8 Å². The fourth-order valence-corrected chi connectivity index (χ4v) is 18.7. The molecule has 178 valence electrons. The Balaban J connectivity index is 0.00000152. The summed E-state index contributed by atoms with van der Waals surface area (Å²) in [5.74, 6) is 0. The zero-order valence-electron chi connectivity index (χ0n) is 20.5. The van der Waals surface area contributed by atoms with Crippen LogP contribution in [0.3, 0.4) is 0 Å². The predicted molar refractivity (Wildman–Crippen MR) is 141 cm³/mol. The van der Waals surface area contributed by atoms with Gasteiger partial charge in [-0.2, -0.15) is 0 Å². The first-order valence-corrected chi connectivity index (χ1v) is 17.8. The van der Waals surface area contributed by atoms with Crippen LogP contribution in [0.2, 0.25) is 0 Å². The van der Waals surface area contributed by atoms with Crippen molar-refractivity contribution in [3.8, 4) is 11.1 Å². The van der Waals surface area contributed by atoms with E-state index in [-0.39, 0.29) is 24.8 Å². The van der Waals surface area contributed by atoms with Crippen LogP contribution in [0.25, 0.3) is 11.1 Å². The maximum absolute atomic E-state index is 2.74. The number of allylic oxidation sites excluding steroid dienone is 4. The van der Waals surface area contributed by atoms with Crippen LogP contribution >= 0.6 is 0 Å². The molecule has 0 amide bonds. The van der Waals surface area contributed by atoms with Crippen LogP contribution in [0.4, 0.5) is 0 Å². The molecule has 36 heavy (non-hydrogen) atoms. The van der Waals surface area contributed by atoms with Crippen LogP contribution in [-0.4, -0.2) is 3.26 Å². The van der Waals surface area contributed by atoms with E-state index in [1.165, 1.54) is 44.5 Å². The summed E-state index contributed by atoms with van der Waals surface area (Å²) in [5, 5.41) is 0. The van der Waals surface area contributed by atoms with Gasteiger partial charge >= 0.3 is 211 Å². The molecule has 3 heteroatoms. The molecule has 2 aliphatic rings. The maximum Gasteiger partial charge on any atom is -1.00 e. The Labute approximate surface area is 234 Å². The number of benzene rings is 4. The Hall–Kier alpha value is -2.32. The summed E-state index contributed by atoms with van der Waals surface area (Å²) in [6.45, 7) is 4.37. The Kier molecular flexibility index (Phi) is 8.45. The van der Waals surface area contributed by atoms with Crippen molar-refractivity contribution < 1.29 is 45.8 Å². The summed E-state index contributed by atoms with van der Waals surface area (Å²) in [6.07, 6.45) is 8.20. The van der Waals surface area contributed by atoms with E-state index in [0.717, 1.165) is 6.42 Å². The number of hydrogen-bond acceptors (Lipinski definition) is 0. The molecule has 2 aliphatic carbocycles. The Morgan fingerprint density at radius 1 is 0.639 bits per heavy atom. The third-order valence-electron chi connectivity index (χ3n) is 7.19. The molecule has 4 aromatic carbocycles. The minimum absolute atomic E-state index is 0. The zero-order chi connectivity index (χ0) is 23.1. The Bertz CT molecular complexity index is 1380. The number of rotatable bonds is 4. The van der Waals surface area contributed by atoms with Crippen molar-refractivity contribution in [3.63, 3.8) is 0 Å². The van der Waals surface area contributed by atoms with E-state index in [4.69, 9.17) is 0 Å². The molecule has 6 rings (SSSR count). The summed E-state index contributed by atoms with van der Waals surface area (Å²) < 4.78 is 3.84. The van der Waals surface area contributed by atoms with Gasteiger partial charge in [0.2, 0.25) is 0 Å². The summed E-state index contributed by atoms with van der Waals surface area (Å²) in [6, 6.07) is 36.9. The van der Waals surface area contributed by atoms with E-state index < -0.39 is 21.0 Å². The predicted octanol–water partition coefficient (Wildman–Crippen LogP) is 2.11. The van der Waals surface area contributed by atoms with Crippen molar-refractivity contribution >= 4 is 3.26 Å². The van der Waals surface area contributed by atoms with Gasteiger partial charge in [0.15, 0.2) is 0 Å². The molecule has 4 aromatic rings. The fourth-order valence-electron chi connectivity index (χ4n) is 5.52. The van der Waals surface area contributed by atoms with Gasteiger partial charge in [0.05, 0.1) is 0 Å². The summed E-state index contributed by atoms with van der Waals surface area (Å²) in [4.78, 5) is 0. The molecule has 0 fully saturated rings. The topological polar surface area (TPSA) is 0 Å². The largest absolute Gasteiger partial charge is 1.00 e. The van der Waals surface area contributed by atoms with E-state index in [2.05, 4.69) is 129 Å². The van der Waals surface area contributed by atoms with Crippen LogP contribution in [0.1, 0.15) is 43.5 Å². The molecule has 0 saturated heterocycles. The molecule has 0 bridgehead atoms. The first-order chi connectivity index (χ1) is 16.7. The molecule has 0 aromatic heterocycles. The van der Waals surface area contributed by atoms with Crippen molar-refractivity contribution in [1.82, 2.24) is 0 Å². The molecule has 0 nitrogen and oxygen atoms in total. The van der Waals surface area contributed by atoms with Crippen molar-refractivity contribution in [2.45, 2.75) is 23.9 Å². The molecule has 0 saturated carbocycles. The van der Waals surface area contributed by atoms with E-state index in [1.807, 2.05) is 0 Å². The molecule has 0 aliphatic heterocycles. The van der Waals surface area contributed by atoms with Gasteiger partial charge in [-0.05, 0) is 0 Å².